The van der Waals surface area contributed by atoms with E-state index in [0.717, 1.165) is 25.0 Å². The number of rotatable bonds is 11. The third-order valence-corrected chi connectivity index (χ3v) is 5.21. The molecule has 3 heterocycles. The zero-order chi connectivity index (χ0) is 26.3. The zero-order valence-electron chi connectivity index (χ0n) is 22.0. The van der Waals surface area contributed by atoms with Crippen molar-refractivity contribution in [3.8, 4) is 0 Å². The summed E-state index contributed by atoms with van der Waals surface area (Å²) in [6.45, 7) is 10.3. The lowest BCUT2D eigenvalue weighted by Gasteiger charge is -2.27. The van der Waals surface area contributed by atoms with Crippen LogP contribution in [0.5, 0.6) is 0 Å². The number of aromatic nitrogens is 4. The van der Waals surface area contributed by atoms with Gasteiger partial charge in [0.25, 0.3) is 0 Å². The number of nitrogens with zero attached hydrogens (tertiary/aromatic N) is 6. The van der Waals surface area contributed by atoms with Crippen LogP contribution in [0.25, 0.3) is 11.2 Å². The van der Waals surface area contributed by atoms with E-state index in [1.807, 2.05) is 44.9 Å². The highest BCUT2D eigenvalue weighted by Crippen LogP contribution is 2.27. The van der Waals surface area contributed by atoms with Gasteiger partial charge in [-0.1, -0.05) is 19.8 Å². The molecule has 3 aromatic rings. The Morgan fingerprint density at radius 3 is 2.58 bits per heavy atom. The number of fused-ring (bicyclic) bond motifs is 1. The fraction of sp³-hybridized carbons (Fsp3) is 0.560. The minimum Gasteiger partial charge on any atom is -0.467 e. The Labute approximate surface area is 211 Å². The van der Waals surface area contributed by atoms with E-state index in [1.54, 1.807) is 17.8 Å². The molecular formula is C25H36N6O5. The number of anilines is 2. The molecule has 0 saturated carbocycles. The topological polar surface area (TPSA) is 116 Å². The van der Waals surface area contributed by atoms with E-state index < -0.39 is 17.7 Å². The number of carbonyl (C=O) groups is 2. The summed E-state index contributed by atoms with van der Waals surface area (Å²) in [7, 11) is 1.85. The number of imidazole rings is 1. The van der Waals surface area contributed by atoms with Crippen LogP contribution >= 0.6 is 0 Å². The summed E-state index contributed by atoms with van der Waals surface area (Å²) in [6, 6.07) is 3.68. The quantitative estimate of drug-likeness (QED) is 0.276. The number of carbonyl (C=O) groups excluding carboxylic acids is 2. The smallest absolute Gasteiger partial charge is 0.417 e. The molecule has 1 amide bonds. The molecule has 0 radical (unpaired) electrons. The molecule has 0 bridgehead atoms. The molecule has 3 aromatic heterocycles. The number of amides is 1. The van der Waals surface area contributed by atoms with Gasteiger partial charge in [-0.2, -0.15) is 9.97 Å². The predicted molar refractivity (Wildman–Crippen MR) is 136 cm³/mol. The highest BCUT2D eigenvalue weighted by molar-refractivity contribution is 5.90. The summed E-state index contributed by atoms with van der Waals surface area (Å²) in [5.74, 6) is 1.01. The fourth-order valence-electron chi connectivity index (χ4n) is 3.59. The largest absolute Gasteiger partial charge is 0.467 e. The Hall–Kier alpha value is -3.63. The summed E-state index contributed by atoms with van der Waals surface area (Å²) in [4.78, 5) is 42.7. The Morgan fingerprint density at radius 1 is 1.17 bits per heavy atom. The first-order valence-electron chi connectivity index (χ1n) is 12.3. The van der Waals surface area contributed by atoms with Gasteiger partial charge < -0.3 is 23.4 Å². The van der Waals surface area contributed by atoms with E-state index >= 15 is 0 Å². The molecule has 0 aliphatic rings. The van der Waals surface area contributed by atoms with Crippen molar-refractivity contribution in [3.05, 3.63) is 30.5 Å². The monoisotopic (exact) mass is 500 g/mol. The molecule has 0 aromatic carbocycles. The van der Waals surface area contributed by atoms with Crippen molar-refractivity contribution in [2.75, 3.05) is 30.0 Å². The lowest BCUT2D eigenvalue weighted by atomic mass is 10.2. The molecule has 0 spiro atoms. The van der Waals surface area contributed by atoms with Gasteiger partial charge in [-0.3, -0.25) is 4.79 Å². The average molecular weight is 501 g/mol. The van der Waals surface area contributed by atoms with E-state index in [0.29, 0.717) is 30.1 Å². The van der Waals surface area contributed by atoms with Gasteiger partial charge in [-0.25, -0.2) is 14.7 Å². The number of hydrogen-bond acceptors (Lipinski definition) is 9. The van der Waals surface area contributed by atoms with Crippen LogP contribution in [0.3, 0.4) is 0 Å². The number of ether oxygens (including phenoxy) is 2. The van der Waals surface area contributed by atoms with E-state index in [9.17, 15) is 9.59 Å². The van der Waals surface area contributed by atoms with Crippen LogP contribution in [-0.2, 0) is 27.4 Å². The van der Waals surface area contributed by atoms with Gasteiger partial charge >= 0.3 is 12.1 Å². The van der Waals surface area contributed by atoms with Crippen molar-refractivity contribution in [2.24, 2.45) is 0 Å². The first-order valence-corrected chi connectivity index (χ1v) is 12.3. The van der Waals surface area contributed by atoms with Crippen LogP contribution in [0.1, 0.15) is 59.6 Å². The second-order valence-corrected chi connectivity index (χ2v) is 9.47. The molecule has 0 aliphatic carbocycles. The average Bonchev–Trinajstić information content (AvgIpc) is 3.45. The van der Waals surface area contributed by atoms with Gasteiger partial charge in [0.05, 0.1) is 25.7 Å². The SMILES string of the molecule is CCCCCN(C(=O)OC(C)(C)C)c1nc(N(C)Cc2ccco2)c2ncn(CC(=O)OCC)c2n1. The second-order valence-electron chi connectivity index (χ2n) is 9.47. The Morgan fingerprint density at radius 2 is 1.94 bits per heavy atom. The van der Waals surface area contributed by atoms with Crippen LogP contribution in [-0.4, -0.2) is 57.4 Å². The molecule has 0 atom stereocenters. The number of hydrogen-bond donors (Lipinski definition) is 0. The van der Waals surface area contributed by atoms with E-state index in [-0.39, 0.29) is 19.1 Å². The van der Waals surface area contributed by atoms with Crippen molar-refractivity contribution in [1.29, 1.82) is 0 Å². The normalized spacial score (nSPS) is 11.5. The molecule has 0 aliphatic heterocycles. The Bertz CT molecular complexity index is 1150. The van der Waals surface area contributed by atoms with E-state index in [2.05, 4.69) is 16.9 Å². The molecule has 196 valence electrons. The summed E-state index contributed by atoms with van der Waals surface area (Å²) in [5, 5.41) is 0. The van der Waals surface area contributed by atoms with Gasteiger partial charge in [0.2, 0.25) is 5.95 Å². The first kappa shape index (κ1) is 27.0. The Kier molecular flexibility index (Phi) is 8.89. The van der Waals surface area contributed by atoms with Crippen molar-refractivity contribution in [2.45, 2.75) is 72.6 Å². The molecule has 11 nitrogen and oxygen atoms in total. The third kappa shape index (κ3) is 6.96. The van der Waals surface area contributed by atoms with Crippen molar-refractivity contribution in [1.82, 2.24) is 19.5 Å². The maximum absolute atomic E-state index is 13.2. The van der Waals surface area contributed by atoms with Gasteiger partial charge in [0, 0.05) is 13.6 Å². The summed E-state index contributed by atoms with van der Waals surface area (Å²) >= 11 is 0. The van der Waals surface area contributed by atoms with E-state index in [4.69, 9.17) is 18.9 Å². The van der Waals surface area contributed by atoms with Crippen LogP contribution in [0.2, 0.25) is 0 Å². The molecular weight excluding hydrogens is 464 g/mol. The van der Waals surface area contributed by atoms with Crippen LogP contribution in [0.15, 0.2) is 29.1 Å². The molecule has 0 fully saturated rings. The lowest BCUT2D eigenvalue weighted by Crippen LogP contribution is -2.39. The highest BCUT2D eigenvalue weighted by atomic mass is 16.6. The number of furan rings is 1. The summed E-state index contributed by atoms with van der Waals surface area (Å²) in [5.41, 5.74) is 0.225. The Balaban J connectivity index is 2.09. The van der Waals surface area contributed by atoms with Crippen molar-refractivity contribution < 1.29 is 23.5 Å². The van der Waals surface area contributed by atoms with Crippen molar-refractivity contribution in [3.63, 3.8) is 0 Å². The van der Waals surface area contributed by atoms with Crippen LogP contribution in [0, 0.1) is 0 Å². The van der Waals surface area contributed by atoms with Gasteiger partial charge in [-0.05, 0) is 46.2 Å². The van der Waals surface area contributed by atoms with Gasteiger partial charge in [0.15, 0.2) is 17.0 Å². The van der Waals surface area contributed by atoms with Crippen molar-refractivity contribution >= 4 is 35.0 Å². The first-order chi connectivity index (χ1) is 17.1. The molecule has 36 heavy (non-hydrogen) atoms. The fourth-order valence-corrected chi connectivity index (χ4v) is 3.59. The van der Waals surface area contributed by atoms with Gasteiger partial charge in [0.1, 0.15) is 17.9 Å². The maximum atomic E-state index is 13.2. The number of unbranched alkanes of at least 4 members (excludes halogenated alkanes) is 2. The molecule has 3 rings (SSSR count). The predicted octanol–water partition coefficient (Wildman–Crippen LogP) is 4.55. The highest BCUT2D eigenvalue weighted by Gasteiger charge is 2.28. The summed E-state index contributed by atoms with van der Waals surface area (Å²) in [6.07, 6.45) is 5.29. The molecule has 0 N–H and O–H groups in total. The zero-order valence-corrected chi connectivity index (χ0v) is 22.0. The maximum Gasteiger partial charge on any atom is 0.417 e. The van der Waals surface area contributed by atoms with Gasteiger partial charge in [-0.15, -0.1) is 0 Å². The molecule has 0 saturated heterocycles. The molecule has 0 unspecified atom stereocenters. The standard InChI is InChI=1S/C25H36N6O5/c1-7-9-10-13-31(24(33)36-25(3,4)5)23-27-21(29(6)15-18-12-11-14-35-18)20-22(28-23)30(17-26-20)16-19(32)34-8-2/h11-12,14,17H,7-10,13,15-16H2,1-6H3. The minimum absolute atomic E-state index is 0.0651. The minimum atomic E-state index is -0.686. The van der Waals surface area contributed by atoms with Crippen LogP contribution < -0.4 is 9.80 Å². The lowest BCUT2D eigenvalue weighted by molar-refractivity contribution is -0.143. The van der Waals surface area contributed by atoms with E-state index in [1.165, 1.54) is 11.2 Å². The van der Waals surface area contributed by atoms with Crippen LogP contribution in [0.4, 0.5) is 16.6 Å². The third-order valence-electron chi connectivity index (χ3n) is 5.21. The summed E-state index contributed by atoms with van der Waals surface area (Å²) < 4.78 is 17.9. The number of esters is 1. The second kappa shape index (κ2) is 11.9. The molecule has 11 heteroatoms.